The van der Waals surface area contributed by atoms with Crippen LogP contribution in [-0.2, 0) is 16.1 Å². The predicted octanol–water partition coefficient (Wildman–Crippen LogP) is 3.24. The van der Waals surface area contributed by atoms with Crippen molar-refractivity contribution in [3.8, 4) is 11.4 Å². The van der Waals surface area contributed by atoms with E-state index in [1.165, 1.54) is 12.8 Å². The first-order valence-electron chi connectivity index (χ1n) is 9.77. The normalized spacial score (nSPS) is 21.0. The maximum absolute atomic E-state index is 12.6. The number of hydrogen-bond donors (Lipinski definition) is 3. The molecule has 0 spiro atoms. The summed E-state index contributed by atoms with van der Waals surface area (Å²) in [6.07, 6.45) is 4.96. The molecule has 1 fully saturated rings. The van der Waals surface area contributed by atoms with Crippen LogP contribution in [0.2, 0.25) is 0 Å². The van der Waals surface area contributed by atoms with Gasteiger partial charge in [0.15, 0.2) is 5.82 Å². The van der Waals surface area contributed by atoms with Crippen LogP contribution in [0.15, 0.2) is 24.3 Å². The molecular weight excluding hydrogens is 342 g/mol. The van der Waals surface area contributed by atoms with Crippen LogP contribution in [0.1, 0.15) is 51.8 Å². The number of anilines is 1. The van der Waals surface area contributed by atoms with E-state index in [4.69, 9.17) is 10.5 Å². The van der Waals surface area contributed by atoms with E-state index in [0.717, 1.165) is 24.1 Å². The average Bonchev–Trinajstić information content (AvgIpc) is 3.16. The highest BCUT2D eigenvalue weighted by molar-refractivity contribution is 5.94. The summed E-state index contributed by atoms with van der Waals surface area (Å²) in [5.41, 5.74) is 7.14. The van der Waals surface area contributed by atoms with Crippen molar-refractivity contribution in [2.45, 2.75) is 64.7 Å². The van der Waals surface area contributed by atoms with Crippen molar-refractivity contribution in [2.24, 2.45) is 11.7 Å². The fourth-order valence-electron chi connectivity index (χ4n) is 3.52. The second-order valence-electron chi connectivity index (χ2n) is 7.30. The van der Waals surface area contributed by atoms with E-state index in [9.17, 15) is 4.79 Å². The summed E-state index contributed by atoms with van der Waals surface area (Å²) in [7, 11) is 0. The van der Waals surface area contributed by atoms with E-state index in [0.29, 0.717) is 30.5 Å². The van der Waals surface area contributed by atoms with Gasteiger partial charge in [0, 0.05) is 11.3 Å². The minimum Gasteiger partial charge on any atom is -0.365 e. The van der Waals surface area contributed by atoms with Crippen LogP contribution in [0.3, 0.4) is 0 Å². The van der Waals surface area contributed by atoms with Crippen molar-refractivity contribution < 1.29 is 9.53 Å². The Balaban J connectivity index is 1.58. The van der Waals surface area contributed by atoms with E-state index >= 15 is 0 Å². The first kappa shape index (κ1) is 19.5. The molecule has 1 aliphatic rings. The Bertz CT molecular complexity index is 743. The summed E-state index contributed by atoms with van der Waals surface area (Å²) in [5.74, 6) is 1.82. The minimum atomic E-state index is -0.417. The van der Waals surface area contributed by atoms with Crippen LogP contribution in [-0.4, -0.2) is 33.3 Å². The molecule has 1 aromatic carbocycles. The van der Waals surface area contributed by atoms with Crippen molar-refractivity contribution in [1.29, 1.82) is 0 Å². The van der Waals surface area contributed by atoms with Crippen LogP contribution in [0.4, 0.5) is 5.69 Å². The molecule has 27 heavy (non-hydrogen) atoms. The van der Waals surface area contributed by atoms with Crippen LogP contribution in [0.25, 0.3) is 11.4 Å². The lowest BCUT2D eigenvalue weighted by Crippen LogP contribution is -2.35. The van der Waals surface area contributed by atoms with Crippen molar-refractivity contribution >= 4 is 11.6 Å². The van der Waals surface area contributed by atoms with E-state index in [1.807, 2.05) is 31.2 Å². The third-order valence-corrected chi connectivity index (χ3v) is 5.04. The SMILES string of the molecule is CCC(OC1CCCC(C)C1)C(=O)Nc1ccc(-c2n[nH]c(CN)n2)cc1. The zero-order valence-electron chi connectivity index (χ0n) is 16.1. The van der Waals surface area contributed by atoms with Gasteiger partial charge in [0.2, 0.25) is 0 Å². The number of hydrogen-bond acceptors (Lipinski definition) is 5. The fraction of sp³-hybridized carbons (Fsp3) is 0.550. The van der Waals surface area contributed by atoms with E-state index in [-0.39, 0.29) is 12.0 Å². The van der Waals surface area contributed by atoms with Crippen molar-refractivity contribution in [2.75, 3.05) is 5.32 Å². The number of nitrogens with zero attached hydrogens (tertiary/aromatic N) is 2. The Labute approximate surface area is 160 Å². The van der Waals surface area contributed by atoms with E-state index < -0.39 is 6.10 Å². The van der Waals surface area contributed by atoms with Gasteiger partial charge in [-0.05, 0) is 49.4 Å². The van der Waals surface area contributed by atoms with Gasteiger partial charge in [0.1, 0.15) is 11.9 Å². The van der Waals surface area contributed by atoms with Gasteiger partial charge in [-0.1, -0.05) is 26.7 Å². The van der Waals surface area contributed by atoms with Gasteiger partial charge in [0.25, 0.3) is 5.91 Å². The number of rotatable bonds is 7. The molecule has 3 atom stereocenters. The number of aromatic amines is 1. The summed E-state index contributed by atoms with van der Waals surface area (Å²) < 4.78 is 6.11. The monoisotopic (exact) mass is 371 g/mol. The maximum atomic E-state index is 12.6. The van der Waals surface area contributed by atoms with Gasteiger partial charge in [-0.15, -0.1) is 0 Å². The van der Waals surface area contributed by atoms with Crippen LogP contribution < -0.4 is 11.1 Å². The molecule has 3 unspecified atom stereocenters. The zero-order chi connectivity index (χ0) is 19.2. The second kappa shape index (κ2) is 9.10. The molecule has 1 aromatic heterocycles. The first-order valence-corrected chi connectivity index (χ1v) is 9.77. The number of aromatic nitrogens is 3. The Hall–Kier alpha value is -2.25. The van der Waals surface area contributed by atoms with Crippen LogP contribution in [0.5, 0.6) is 0 Å². The highest BCUT2D eigenvalue weighted by Gasteiger charge is 2.25. The summed E-state index contributed by atoms with van der Waals surface area (Å²) in [6, 6.07) is 7.45. The second-order valence-corrected chi connectivity index (χ2v) is 7.30. The highest BCUT2D eigenvalue weighted by atomic mass is 16.5. The number of nitrogens with one attached hydrogen (secondary N) is 2. The van der Waals surface area contributed by atoms with Crippen molar-refractivity contribution in [3.05, 3.63) is 30.1 Å². The number of benzene rings is 1. The maximum Gasteiger partial charge on any atom is 0.253 e. The lowest BCUT2D eigenvalue weighted by atomic mass is 9.88. The summed E-state index contributed by atoms with van der Waals surface area (Å²) >= 11 is 0. The van der Waals surface area contributed by atoms with Crippen molar-refractivity contribution in [1.82, 2.24) is 15.2 Å². The molecule has 1 aliphatic carbocycles. The van der Waals surface area contributed by atoms with Gasteiger partial charge in [0.05, 0.1) is 12.6 Å². The van der Waals surface area contributed by atoms with Crippen LogP contribution in [0, 0.1) is 5.92 Å². The van der Waals surface area contributed by atoms with Gasteiger partial charge < -0.3 is 15.8 Å². The molecule has 4 N–H and O–H groups in total. The zero-order valence-corrected chi connectivity index (χ0v) is 16.1. The number of H-pyrrole nitrogens is 1. The topological polar surface area (TPSA) is 106 Å². The predicted molar refractivity (Wildman–Crippen MR) is 105 cm³/mol. The van der Waals surface area contributed by atoms with Crippen LogP contribution >= 0.6 is 0 Å². The smallest absolute Gasteiger partial charge is 0.253 e. The van der Waals surface area contributed by atoms with E-state index in [1.54, 1.807) is 0 Å². The number of carbonyl (C=O) groups is 1. The summed E-state index contributed by atoms with van der Waals surface area (Å²) in [6.45, 7) is 4.56. The molecule has 1 heterocycles. The Morgan fingerprint density at radius 2 is 2.15 bits per heavy atom. The minimum absolute atomic E-state index is 0.0909. The molecule has 0 saturated heterocycles. The fourth-order valence-corrected chi connectivity index (χ4v) is 3.52. The third kappa shape index (κ3) is 5.14. The Morgan fingerprint density at radius 3 is 2.78 bits per heavy atom. The molecule has 0 radical (unpaired) electrons. The molecule has 0 bridgehead atoms. The van der Waals surface area contributed by atoms with Gasteiger partial charge >= 0.3 is 0 Å². The standard InChI is InChI=1S/C20H29N5O2/c1-3-17(27-16-6-4-5-13(2)11-16)20(26)22-15-9-7-14(8-10-15)19-23-18(12-21)24-25-19/h7-10,13,16-17H,3-6,11-12,21H2,1-2H3,(H,22,26)(H,23,24,25). The molecule has 7 heteroatoms. The molecule has 146 valence electrons. The summed E-state index contributed by atoms with van der Waals surface area (Å²) in [4.78, 5) is 16.9. The molecular formula is C20H29N5O2. The average molecular weight is 371 g/mol. The number of carbonyl (C=O) groups excluding carboxylic acids is 1. The molecule has 0 aliphatic heterocycles. The lowest BCUT2D eigenvalue weighted by Gasteiger charge is -2.29. The Morgan fingerprint density at radius 1 is 1.37 bits per heavy atom. The van der Waals surface area contributed by atoms with Gasteiger partial charge in [-0.2, -0.15) is 5.10 Å². The summed E-state index contributed by atoms with van der Waals surface area (Å²) in [5, 5.41) is 9.89. The molecule has 2 aromatic rings. The number of amides is 1. The third-order valence-electron chi connectivity index (χ3n) is 5.04. The lowest BCUT2D eigenvalue weighted by molar-refractivity contribution is -0.133. The quantitative estimate of drug-likeness (QED) is 0.693. The number of ether oxygens (including phenoxy) is 1. The van der Waals surface area contributed by atoms with Gasteiger partial charge in [-0.3, -0.25) is 9.89 Å². The van der Waals surface area contributed by atoms with Crippen molar-refractivity contribution in [3.63, 3.8) is 0 Å². The van der Waals surface area contributed by atoms with Gasteiger partial charge in [-0.25, -0.2) is 4.98 Å². The molecule has 1 saturated carbocycles. The largest absolute Gasteiger partial charge is 0.365 e. The Kier molecular flexibility index (Phi) is 6.58. The first-order chi connectivity index (χ1) is 13.1. The molecule has 7 nitrogen and oxygen atoms in total. The molecule has 1 amide bonds. The van der Waals surface area contributed by atoms with E-state index in [2.05, 4.69) is 27.4 Å². The molecule has 3 rings (SSSR count). The highest BCUT2D eigenvalue weighted by Crippen LogP contribution is 2.27. The number of nitrogens with two attached hydrogens (primary N) is 1.